The van der Waals surface area contributed by atoms with Crippen molar-refractivity contribution in [2.24, 2.45) is 11.7 Å². The molecule has 0 fully saturated rings. The molecule has 10 heavy (non-hydrogen) atoms. The van der Waals surface area contributed by atoms with E-state index < -0.39 is 0 Å². The lowest BCUT2D eigenvalue weighted by Gasteiger charge is -2.03. The fourth-order valence-electron chi connectivity index (χ4n) is 1.26. The SMILES string of the molecule is CC1=C(CCN)C=CC1C. The van der Waals surface area contributed by atoms with Crippen molar-refractivity contribution in [1.82, 2.24) is 0 Å². The predicted molar refractivity (Wildman–Crippen MR) is 44.7 cm³/mol. The number of hydrogen-bond acceptors (Lipinski definition) is 1. The monoisotopic (exact) mass is 137 g/mol. The summed E-state index contributed by atoms with van der Waals surface area (Å²) in [6.07, 6.45) is 5.47. The third-order valence-corrected chi connectivity index (χ3v) is 2.19. The second-order valence-corrected chi connectivity index (χ2v) is 2.89. The summed E-state index contributed by atoms with van der Waals surface area (Å²) in [5.74, 6) is 0.640. The van der Waals surface area contributed by atoms with Crippen molar-refractivity contribution in [2.75, 3.05) is 6.54 Å². The lowest BCUT2D eigenvalue weighted by Crippen LogP contribution is -2.00. The lowest BCUT2D eigenvalue weighted by molar-refractivity contribution is 0.858. The van der Waals surface area contributed by atoms with Crippen molar-refractivity contribution in [1.29, 1.82) is 0 Å². The van der Waals surface area contributed by atoms with Crippen molar-refractivity contribution >= 4 is 0 Å². The van der Waals surface area contributed by atoms with Crippen LogP contribution in [0.3, 0.4) is 0 Å². The van der Waals surface area contributed by atoms with Gasteiger partial charge in [0.05, 0.1) is 0 Å². The minimum Gasteiger partial charge on any atom is -0.330 e. The number of nitrogens with two attached hydrogens (primary N) is 1. The Labute approximate surface area is 62.6 Å². The summed E-state index contributed by atoms with van der Waals surface area (Å²) >= 11 is 0. The standard InChI is InChI=1S/C9H15N/c1-7-3-4-9(5-6-10)8(7)2/h3-4,7H,5-6,10H2,1-2H3. The fourth-order valence-corrected chi connectivity index (χ4v) is 1.26. The Morgan fingerprint density at radius 3 is 2.70 bits per heavy atom. The molecular formula is C9H15N. The second kappa shape index (κ2) is 3.02. The Balaban J connectivity index is 2.65. The minimum atomic E-state index is 0.640. The Morgan fingerprint density at radius 2 is 2.30 bits per heavy atom. The lowest BCUT2D eigenvalue weighted by atomic mass is 10.0. The number of allylic oxidation sites excluding steroid dienone is 3. The van der Waals surface area contributed by atoms with Crippen molar-refractivity contribution in [3.63, 3.8) is 0 Å². The highest BCUT2D eigenvalue weighted by Gasteiger charge is 2.10. The van der Waals surface area contributed by atoms with E-state index in [1.807, 2.05) is 0 Å². The fraction of sp³-hybridized carbons (Fsp3) is 0.556. The van der Waals surface area contributed by atoms with Crippen molar-refractivity contribution < 1.29 is 0 Å². The Hall–Kier alpha value is -0.560. The molecule has 0 saturated carbocycles. The van der Waals surface area contributed by atoms with Crippen LogP contribution >= 0.6 is 0 Å². The maximum absolute atomic E-state index is 5.45. The van der Waals surface area contributed by atoms with Gasteiger partial charge in [0.2, 0.25) is 0 Å². The largest absolute Gasteiger partial charge is 0.330 e. The van der Waals surface area contributed by atoms with Gasteiger partial charge in [-0.15, -0.1) is 0 Å². The van der Waals surface area contributed by atoms with E-state index in [-0.39, 0.29) is 0 Å². The van der Waals surface area contributed by atoms with Gasteiger partial charge in [-0.05, 0) is 31.4 Å². The smallest absolute Gasteiger partial charge is 0.00367 e. The van der Waals surface area contributed by atoms with Crippen LogP contribution in [-0.2, 0) is 0 Å². The summed E-state index contributed by atoms with van der Waals surface area (Å²) in [4.78, 5) is 0. The molecule has 0 heterocycles. The van der Waals surface area contributed by atoms with Gasteiger partial charge in [0.25, 0.3) is 0 Å². The molecule has 1 atom stereocenters. The van der Waals surface area contributed by atoms with Gasteiger partial charge in [-0.2, -0.15) is 0 Å². The molecule has 1 nitrogen and oxygen atoms in total. The highest BCUT2D eigenvalue weighted by atomic mass is 14.5. The van der Waals surface area contributed by atoms with Crippen LogP contribution in [0.4, 0.5) is 0 Å². The van der Waals surface area contributed by atoms with Gasteiger partial charge in [0.15, 0.2) is 0 Å². The highest BCUT2D eigenvalue weighted by molar-refractivity contribution is 5.35. The third kappa shape index (κ3) is 1.29. The Kier molecular flexibility index (Phi) is 2.28. The summed E-state index contributed by atoms with van der Waals surface area (Å²) in [6, 6.07) is 0. The Morgan fingerprint density at radius 1 is 1.60 bits per heavy atom. The molecule has 56 valence electrons. The average molecular weight is 137 g/mol. The van der Waals surface area contributed by atoms with Gasteiger partial charge in [-0.1, -0.05) is 24.6 Å². The molecule has 2 N–H and O–H groups in total. The third-order valence-electron chi connectivity index (χ3n) is 2.19. The molecule has 0 spiro atoms. The summed E-state index contributed by atoms with van der Waals surface area (Å²) in [5, 5.41) is 0. The van der Waals surface area contributed by atoms with Gasteiger partial charge in [0, 0.05) is 0 Å². The first kappa shape index (κ1) is 7.55. The molecule has 0 aromatic carbocycles. The maximum atomic E-state index is 5.45. The number of rotatable bonds is 2. The van der Waals surface area contributed by atoms with E-state index in [0.717, 1.165) is 13.0 Å². The second-order valence-electron chi connectivity index (χ2n) is 2.89. The molecule has 1 rings (SSSR count). The van der Waals surface area contributed by atoms with Crippen LogP contribution in [0, 0.1) is 5.92 Å². The molecule has 1 unspecified atom stereocenters. The first-order valence-corrected chi connectivity index (χ1v) is 3.83. The van der Waals surface area contributed by atoms with E-state index in [1.54, 1.807) is 0 Å². The molecule has 0 amide bonds. The summed E-state index contributed by atoms with van der Waals surface area (Å²) in [5.41, 5.74) is 8.38. The topological polar surface area (TPSA) is 26.0 Å². The van der Waals surface area contributed by atoms with E-state index in [9.17, 15) is 0 Å². The van der Waals surface area contributed by atoms with Crippen LogP contribution in [0.15, 0.2) is 23.3 Å². The van der Waals surface area contributed by atoms with Gasteiger partial charge in [0.1, 0.15) is 0 Å². The zero-order valence-corrected chi connectivity index (χ0v) is 6.72. The van der Waals surface area contributed by atoms with Crippen molar-refractivity contribution in [2.45, 2.75) is 20.3 Å². The van der Waals surface area contributed by atoms with Crippen LogP contribution in [0.2, 0.25) is 0 Å². The molecule has 0 aromatic rings. The minimum absolute atomic E-state index is 0.640. The zero-order valence-electron chi connectivity index (χ0n) is 6.72. The quantitative estimate of drug-likeness (QED) is 0.617. The molecule has 0 radical (unpaired) electrons. The van der Waals surface area contributed by atoms with E-state index >= 15 is 0 Å². The van der Waals surface area contributed by atoms with Gasteiger partial charge >= 0.3 is 0 Å². The molecule has 0 bridgehead atoms. The van der Waals surface area contributed by atoms with E-state index in [2.05, 4.69) is 26.0 Å². The molecule has 1 heteroatoms. The first-order chi connectivity index (χ1) is 4.75. The van der Waals surface area contributed by atoms with Crippen LogP contribution in [0.25, 0.3) is 0 Å². The summed E-state index contributed by atoms with van der Waals surface area (Å²) in [6.45, 7) is 5.18. The summed E-state index contributed by atoms with van der Waals surface area (Å²) in [7, 11) is 0. The predicted octanol–water partition coefficient (Wildman–Crippen LogP) is 1.86. The average Bonchev–Trinajstić information content (AvgIpc) is 2.20. The highest BCUT2D eigenvalue weighted by Crippen LogP contribution is 2.25. The maximum Gasteiger partial charge on any atom is -0.00367 e. The van der Waals surface area contributed by atoms with Gasteiger partial charge in [-0.3, -0.25) is 0 Å². The van der Waals surface area contributed by atoms with Gasteiger partial charge in [-0.25, -0.2) is 0 Å². The van der Waals surface area contributed by atoms with Crippen LogP contribution in [-0.4, -0.2) is 6.54 Å². The molecule has 0 aliphatic heterocycles. The molecule has 1 aliphatic rings. The number of hydrogen-bond donors (Lipinski definition) is 1. The van der Waals surface area contributed by atoms with E-state index in [4.69, 9.17) is 5.73 Å². The molecule has 1 aliphatic carbocycles. The zero-order chi connectivity index (χ0) is 7.56. The van der Waals surface area contributed by atoms with Crippen LogP contribution < -0.4 is 5.73 Å². The van der Waals surface area contributed by atoms with Crippen LogP contribution in [0.5, 0.6) is 0 Å². The van der Waals surface area contributed by atoms with E-state index in [0.29, 0.717) is 5.92 Å². The molecule has 0 saturated heterocycles. The van der Waals surface area contributed by atoms with Gasteiger partial charge < -0.3 is 5.73 Å². The van der Waals surface area contributed by atoms with Crippen LogP contribution in [0.1, 0.15) is 20.3 Å². The molecular weight excluding hydrogens is 122 g/mol. The van der Waals surface area contributed by atoms with E-state index in [1.165, 1.54) is 11.1 Å². The Bertz CT molecular complexity index is 177. The van der Waals surface area contributed by atoms with Crippen molar-refractivity contribution in [3.8, 4) is 0 Å². The molecule has 0 aromatic heterocycles. The first-order valence-electron chi connectivity index (χ1n) is 3.83. The summed E-state index contributed by atoms with van der Waals surface area (Å²) < 4.78 is 0. The van der Waals surface area contributed by atoms with Crippen molar-refractivity contribution in [3.05, 3.63) is 23.3 Å². The normalized spacial score (nSPS) is 24.5.